The SMILES string of the molecule is Cc1ccc(C2CC(C)(C3c4ccc(C(C)(C)C)cc4-c4cc(C(C)(C)C)ccc43)C3C=C(C(C)(C)C)C=C23)cc1.[Cl-].[Cl-].[Zr+2]. The third kappa shape index (κ3) is 6.17. The Morgan fingerprint density at radius 1 is 0.659 bits per heavy atom. The molecule has 0 N–H and O–H groups in total. The normalized spacial score (nSPS) is 22.5. The molecule has 3 atom stereocenters. The molecule has 0 amide bonds. The second kappa shape index (κ2) is 12.3. The summed E-state index contributed by atoms with van der Waals surface area (Å²) in [6, 6.07) is 24.3. The zero-order valence-corrected chi connectivity index (χ0v) is 32.6. The van der Waals surface area contributed by atoms with Gasteiger partial charge in [0, 0.05) is 17.8 Å². The van der Waals surface area contributed by atoms with Gasteiger partial charge >= 0.3 is 26.2 Å². The van der Waals surface area contributed by atoms with E-state index in [1.54, 1.807) is 5.57 Å². The minimum atomic E-state index is 0. The molecule has 3 aliphatic carbocycles. The van der Waals surface area contributed by atoms with Crippen molar-refractivity contribution >= 4 is 0 Å². The molecule has 3 heteroatoms. The zero-order chi connectivity index (χ0) is 29.7. The Morgan fingerprint density at radius 3 is 1.57 bits per heavy atom. The van der Waals surface area contributed by atoms with Gasteiger partial charge in [-0.05, 0) is 79.5 Å². The maximum Gasteiger partial charge on any atom is 2.00 e. The first kappa shape index (κ1) is 37.1. The van der Waals surface area contributed by atoms with Crippen LogP contribution >= 0.6 is 0 Å². The number of allylic oxidation sites excluding steroid dienone is 4. The number of aryl methyl sites for hydroxylation is 1. The number of benzene rings is 3. The largest absolute Gasteiger partial charge is 2.00 e. The van der Waals surface area contributed by atoms with E-state index in [0.29, 0.717) is 17.8 Å². The number of rotatable bonds is 2. The molecule has 1 saturated carbocycles. The van der Waals surface area contributed by atoms with E-state index >= 15 is 0 Å². The van der Waals surface area contributed by atoms with Gasteiger partial charge in [-0.15, -0.1) is 0 Å². The Hall–Kier alpha value is -1.40. The number of hydrogen-bond acceptors (Lipinski definition) is 0. The second-order valence-electron chi connectivity index (χ2n) is 16.7. The van der Waals surface area contributed by atoms with E-state index in [1.165, 1.54) is 56.5 Å². The molecular weight excluding hydrogens is 655 g/mol. The molecule has 0 radical (unpaired) electrons. The summed E-state index contributed by atoms with van der Waals surface area (Å²) in [5.74, 6) is 1.27. The molecule has 44 heavy (non-hydrogen) atoms. The van der Waals surface area contributed by atoms with Crippen LogP contribution in [0.1, 0.15) is 121 Å². The topological polar surface area (TPSA) is 0 Å². The predicted molar refractivity (Wildman–Crippen MR) is 177 cm³/mol. The van der Waals surface area contributed by atoms with E-state index in [4.69, 9.17) is 0 Å². The van der Waals surface area contributed by atoms with Crippen LogP contribution < -0.4 is 24.8 Å². The molecule has 3 aromatic carbocycles. The maximum absolute atomic E-state index is 2.66. The summed E-state index contributed by atoms with van der Waals surface area (Å²) in [5, 5.41) is 0. The van der Waals surface area contributed by atoms with Crippen molar-refractivity contribution in [1.82, 2.24) is 0 Å². The molecule has 0 aliphatic heterocycles. The molecule has 1 fully saturated rings. The Morgan fingerprint density at radius 2 is 1.14 bits per heavy atom. The van der Waals surface area contributed by atoms with Crippen LogP contribution in [0.3, 0.4) is 0 Å². The van der Waals surface area contributed by atoms with Crippen molar-refractivity contribution in [1.29, 1.82) is 0 Å². The molecule has 3 aromatic rings. The smallest absolute Gasteiger partial charge is 1.00 e. The quantitative estimate of drug-likeness (QED) is 0.334. The van der Waals surface area contributed by atoms with E-state index in [2.05, 4.69) is 149 Å². The number of hydrogen-bond donors (Lipinski definition) is 0. The molecule has 3 aliphatic rings. The number of fused-ring (bicyclic) bond motifs is 4. The summed E-state index contributed by atoms with van der Waals surface area (Å²) >= 11 is 0. The predicted octanol–water partition coefficient (Wildman–Crippen LogP) is 5.43. The first-order valence-electron chi connectivity index (χ1n) is 15.8. The molecule has 3 unspecified atom stereocenters. The summed E-state index contributed by atoms with van der Waals surface area (Å²) in [7, 11) is 0. The first-order valence-corrected chi connectivity index (χ1v) is 15.8. The van der Waals surface area contributed by atoms with Crippen LogP contribution in [0.25, 0.3) is 11.1 Å². The van der Waals surface area contributed by atoms with Crippen molar-refractivity contribution in [2.75, 3.05) is 0 Å². The molecule has 0 nitrogen and oxygen atoms in total. The summed E-state index contributed by atoms with van der Waals surface area (Å²) in [6.45, 7) is 26.0. The minimum absolute atomic E-state index is 0. The molecule has 0 aromatic heterocycles. The van der Waals surface area contributed by atoms with Crippen LogP contribution in [-0.2, 0) is 37.0 Å². The second-order valence-corrected chi connectivity index (χ2v) is 16.7. The number of halogens is 2. The van der Waals surface area contributed by atoms with Crippen LogP contribution in [0.15, 0.2) is 84.0 Å². The fourth-order valence-electron chi connectivity index (χ4n) is 7.93. The molecule has 232 valence electrons. The standard InChI is InChI=1S/C41H50.2ClH.Zr/c1-25-12-14-26(15-13-25)35-24-41(11,36-23-29(22-34(35)36)40(8,9)10)37-30-18-16-27(38(2,3)4)20-32(30)33-21-28(39(5,6)7)17-19-31(33)37;;;/h12-23,35-37H,24H2,1-11H3;2*1H;/q;;;+2/p-2. The van der Waals surface area contributed by atoms with Gasteiger partial charge in [-0.1, -0.05) is 153 Å². The first-order chi connectivity index (χ1) is 19.0. The monoisotopic (exact) mass is 702 g/mol. The molecule has 0 spiro atoms. The molecule has 0 bridgehead atoms. The third-order valence-electron chi connectivity index (χ3n) is 10.5. The van der Waals surface area contributed by atoms with Gasteiger partial charge in [0.05, 0.1) is 0 Å². The van der Waals surface area contributed by atoms with Crippen molar-refractivity contribution < 1.29 is 51.0 Å². The zero-order valence-electron chi connectivity index (χ0n) is 28.6. The Bertz CT molecular complexity index is 1520. The van der Waals surface area contributed by atoms with Gasteiger partial charge in [0.1, 0.15) is 0 Å². The van der Waals surface area contributed by atoms with E-state index in [9.17, 15) is 0 Å². The van der Waals surface area contributed by atoms with E-state index in [0.717, 1.165) is 0 Å². The van der Waals surface area contributed by atoms with Crippen LogP contribution in [0.4, 0.5) is 0 Å². The molecule has 0 heterocycles. The van der Waals surface area contributed by atoms with Crippen molar-refractivity contribution in [3.8, 4) is 11.1 Å². The maximum atomic E-state index is 2.66. The van der Waals surface area contributed by atoms with Crippen LogP contribution in [0.2, 0.25) is 0 Å². The van der Waals surface area contributed by atoms with Crippen molar-refractivity contribution in [2.24, 2.45) is 16.7 Å². The van der Waals surface area contributed by atoms with Gasteiger partial charge in [0.2, 0.25) is 0 Å². The summed E-state index contributed by atoms with van der Waals surface area (Å²) in [6.07, 6.45) is 6.42. The van der Waals surface area contributed by atoms with Crippen molar-refractivity contribution in [3.63, 3.8) is 0 Å². The van der Waals surface area contributed by atoms with Crippen molar-refractivity contribution in [3.05, 3.63) is 117 Å². The van der Waals surface area contributed by atoms with Gasteiger partial charge in [-0.2, -0.15) is 0 Å². The van der Waals surface area contributed by atoms with Crippen LogP contribution in [0, 0.1) is 23.7 Å². The fourth-order valence-corrected chi connectivity index (χ4v) is 7.93. The van der Waals surface area contributed by atoms with Gasteiger partial charge < -0.3 is 24.8 Å². The van der Waals surface area contributed by atoms with Gasteiger partial charge in [-0.25, -0.2) is 0 Å². The van der Waals surface area contributed by atoms with Gasteiger partial charge in [0.15, 0.2) is 0 Å². The fraction of sp³-hybridized carbons (Fsp3) is 0.463. The third-order valence-corrected chi connectivity index (χ3v) is 10.5. The van der Waals surface area contributed by atoms with E-state index < -0.39 is 0 Å². The Kier molecular flexibility index (Phi) is 10.4. The average molecular weight is 705 g/mol. The van der Waals surface area contributed by atoms with Gasteiger partial charge in [0.25, 0.3) is 0 Å². The summed E-state index contributed by atoms with van der Waals surface area (Å²) < 4.78 is 0. The van der Waals surface area contributed by atoms with E-state index in [-0.39, 0.29) is 72.7 Å². The van der Waals surface area contributed by atoms with E-state index in [1.807, 2.05) is 0 Å². The molecular formula is C41H50Cl2Zr. The van der Waals surface area contributed by atoms with Crippen LogP contribution in [-0.4, -0.2) is 0 Å². The Labute approximate surface area is 299 Å². The molecule has 0 saturated heterocycles. The average Bonchev–Trinajstić information content (AvgIpc) is 3.54. The minimum Gasteiger partial charge on any atom is -1.00 e. The van der Waals surface area contributed by atoms with Crippen LogP contribution in [0.5, 0.6) is 0 Å². The Balaban J connectivity index is 0.00000176. The molecule has 6 rings (SSSR count). The summed E-state index contributed by atoms with van der Waals surface area (Å²) in [5.41, 5.74) is 15.3. The van der Waals surface area contributed by atoms with Crippen molar-refractivity contribution in [2.45, 2.75) is 105 Å². The van der Waals surface area contributed by atoms with Gasteiger partial charge in [-0.3, -0.25) is 0 Å². The summed E-state index contributed by atoms with van der Waals surface area (Å²) in [4.78, 5) is 0.